The van der Waals surface area contributed by atoms with Gasteiger partial charge in [-0.1, -0.05) is 180 Å². The highest BCUT2D eigenvalue weighted by molar-refractivity contribution is 5.29. The van der Waals surface area contributed by atoms with Crippen molar-refractivity contribution in [2.24, 2.45) is 185 Å². The second-order valence-electron chi connectivity index (χ2n) is 60.5. The zero-order chi connectivity index (χ0) is 105. The standard InChI is InChI=1S/C132H208N4O12/c1-81(101-41-45-105-121-109(69-117(145)129(101,105)9)125(5)53-49-97(137)61-93(125)65-113(121)141)21-17-57-133(13)73-85-25-29-87(30-26-85)75-134(14,58-18-22-82(2)102-42-46-106-122-110(70-118(146)130(102,106)10)126(6)54-50-98(138)62-94(126)66-114(122)142)77-89-33-37-91(38-34-89)79-136(16,60-20-24-84(4)104-44-48-108-124-112(72-120(148)132(104,108)12)128(8)56-52-100(140)64-96(128)68-116(124)144)80-92-39-35-90(36-40-92)78-135(15,76-88-31-27-86(74-133)28-32-88)59-19-23-83(3)103-43-47-107-123-111(71-119(147)131(103,107)11)127(7)55-51-99(139)63-95(127)67-115(123)143/h25-40,81-84,93-124,137-148H,17-24,41-80H2,1-16H3/q+4/t81-,82-,83-,84-,93?,94?,95?,96?,97-,98-,99-,100-,101-,102-,103-,104-,105+,106+,107+,108+,109+,110+,111+,112+,113-,114-,115-,116-,117+,118+,119+,120+,121+,122+,123+,124+,125+,126+,127+,128+,129-,130-,131-,132-,133?,134?,135?,136?/m1/s1. The Hall–Kier alpha value is -3.76. The van der Waals surface area contributed by atoms with Crippen LogP contribution < -0.4 is 0 Å². The minimum absolute atomic E-state index is 0.0387. The van der Waals surface area contributed by atoms with E-state index >= 15 is 0 Å². The Morgan fingerprint density at radius 3 is 0.568 bits per heavy atom. The van der Waals surface area contributed by atoms with Crippen molar-refractivity contribution >= 4 is 0 Å². The molecule has 12 N–H and O–H groups in total. The summed E-state index contributed by atoms with van der Waals surface area (Å²) < 4.78 is 3.47. The molecule has 4 unspecified atom stereocenters. The van der Waals surface area contributed by atoms with Crippen LogP contribution in [0, 0.1) is 185 Å². The second kappa shape index (κ2) is 41.5. The van der Waals surface area contributed by atoms with Gasteiger partial charge in [-0.25, -0.2) is 0 Å². The van der Waals surface area contributed by atoms with E-state index in [0.29, 0.717) is 94.7 Å². The largest absolute Gasteiger partial charge is 0.393 e. The highest BCUT2D eigenvalue weighted by Gasteiger charge is 2.72. The Labute approximate surface area is 894 Å². The van der Waals surface area contributed by atoms with Crippen molar-refractivity contribution in [2.75, 3.05) is 54.4 Å². The molecule has 16 nitrogen and oxygen atoms in total. The van der Waals surface area contributed by atoms with Crippen LogP contribution in [0.5, 0.6) is 0 Å². The van der Waals surface area contributed by atoms with Crippen molar-refractivity contribution in [3.05, 3.63) is 142 Å². The lowest BCUT2D eigenvalue weighted by Gasteiger charge is -2.63. The van der Waals surface area contributed by atoms with Gasteiger partial charge in [-0.2, -0.15) is 0 Å². The first-order valence-electron chi connectivity index (χ1n) is 62.0. The molecule has 16 fully saturated rings. The minimum Gasteiger partial charge on any atom is -0.393 e. The molecule has 23 aliphatic rings. The Kier molecular flexibility index (Phi) is 30.8. The number of rotatable bonds is 20. The maximum atomic E-state index is 12.8. The van der Waals surface area contributed by atoms with Gasteiger partial charge in [0.2, 0.25) is 0 Å². The van der Waals surface area contributed by atoms with Crippen LogP contribution in [0.3, 0.4) is 0 Å². The maximum Gasteiger partial charge on any atom is 0.104 e. The summed E-state index contributed by atoms with van der Waals surface area (Å²) in [5.74, 6) is 7.41. The van der Waals surface area contributed by atoms with Gasteiger partial charge in [0.15, 0.2) is 0 Å². The van der Waals surface area contributed by atoms with Gasteiger partial charge in [-0.05, 0) is 416 Å². The van der Waals surface area contributed by atoms with Gasteiger partial charge in [-0.15, -0.1) is 0 Å². The SMILES string of the molecule is C[C@H](CCC[N+]1(C)Cc2ccc(cc2)C[N+](C)(CCC[C@@H](C)[C@H]2CC[C@H]3[C@@H]4[C@H](O)CC5C[C@H](O)CC[C@]5(C)[C@H]4C[C@H](O)[C@]23C)Cc2ccc(cc2)C[N+](C)(CCC[C@@H](C)[C@H]2CC[C@H]3[C@@H]4[C@H](O)CC5C[C@H](O)CC[C@]5(C)[C@H]4C[C@H](O)[C@]23C)Cc2ccc(cc2)C[N+](C)(CCC[C@@H](C)[C@H]2CC[C@H]3[C@@H]4[C@H](O)CC5C[C@H](O)CC[C@]5(C)[C@H]4C[C@H](O)[C@]23C)Cc2ccc(cc2)C1)[C@H]1CC[C@H]2[C@@H]3[C@H](O)CC4C[C@H](O)CC[C@]4(C)[C@H]3C[C@H](O)[C@]12C. The fourth-order valence-electron chi connectivity index (χ4n) is 43.9. The van der Waals surface area contributed by atoms with Crippen molar-refractivity contribution in [3.63, 3.8) is 0 Å². The maximum absolute atomic E-state index is 12.8. The summed E-state index contributed by atoms with van der Waals surface area (Å²) in [6.07, 6.45) is 29.5. The predicted octanol–water partition coefficient (Wildman–Crippen LogP) is 22.1. The van der Waals surface area contributed by atoms with Gasteiger partial charge in [0.1, 0.15) is 52.4 Å². The van der Waals surface area contributed by atoms with Crippen LogP contribution in [0.25, 0.3) is 0 Å². The summed E-state index contributed by atoms with van der Waals surface area (Å²) in [6.45, 7) is 40.9. The van der Waals surface area contributed by atoms with E-state index in [1.165, 1.54) is 44.5 Å². The lowest BCUT2D eigenvalue weighted by molar-refractivity contribution is -0.936. The molecule has 0 aromatic heterocycles. The van der Waals surface area contributed by atoms with Crippen LogP contribution in [0.2, 0.25) is 0 Å². The average molecular weight is 2040 g/mol. The Bertz CT molecular complexity index is 4440. The lowest BCUT2D eigenvalue weighted by atomic mass is 9.43. The summed E-state index contributed by atoms with van der Waals surface area (Å²) in [5, 5.41) is 144. The van der Waals surface area contributed by atoms with E-state index in [9.17, 15) is 61.3 Å². The summed E-state index contributed by atoms with van der Waals surface area (Å²) in [4.78, 5) is 0. The van der Waals surface area contributed by atoms with Crippen molar-refractivity contribution in [1.29, 1.82) is 0 Å². The van der Waals surface area contributed by atoms with Gasteiger partial charge in [0.05, 0.1) is 128 Å². The number of nitrogens with zero attached hydrogens (tertiary/aromatic N) is 4. The number of aliphatic hydroxyl groups is 12. The highest BCUT2D eigenvalue weighted by Crippen LogP contribution is 2.75. The number of hydrogen-bond acceptors (Lipinski definition) is 12. The number of quaternary nitrogens is 4. The molecular weight excluding hydrogens is 1830 g/mol. The Balaban J connectivity index is 0.564. The molecule has 4 aromatic carbocycles. The zero-order valence-corrected chi connectivity index (χ0v) is 95.1. The molecular formula is C132H208N4O12+4. The molecule has 7 heterocycles. The third-order valence-electron chi connectivity index (χ3n) is 52.1. The molecule has 0 amide bonds. The van der Waals surface area contributed by atoms with Crippen LogP contribution in [0.1, 0.15) is 359 Å². The Morgan fingerprint density at radius 2 is 0.399 bits per heavy atom. The van der Waals surface area contributed by atoms with E-state index in [2.05, 4.69) is 208 Å². The summed E-state index contributed by atoms with van der Waals surface area (Å²) in [6, 6.07) is 39.6. The molecule has 0 radical (unpaired) electrons. The number of benzene rings is 4. The minimum atomic E-state index is -0.409. The lowest BCUT2D eigenvalue weighted by Crippen LogP contribution is -2.62. The van der Waals surface area contributed by atoms with Gasteiger partial charge < -0.3 is 79.2 Å². The average Bonchev–Trinajstić information content (AvgIpc) is 1.41. The molecule has 8 bridgehead atoms. The fraction of sp³-hybridized carbons (Fsp3) is 0.818. The Morgan fingerprint density at radius 1 is 0.230 bits per heavy atom. The van der Waals surface area contributed by atoms with Gasteiger partial charge in [0, 0.05) is 44.5 Å². The molecule has 16 aliphatic carbocycles. The normalized spacial score (nSPS) is 49.6. The smallest absolute Gasteiger partial charge is 0.104 e. The second-order valence-corrected chi connectivity index (χ2v) is 60.5. The monoisotopic (exact) mass is 2040 g/mol. The van der Waals surface area contributed by atoms with E-state index in [4.69, 9.17) is 0 Å². The molecule has 0 spiro atoms. The van der Waals surface area contributed by atoms with E-state index in [0.717, 1.165) is 328 Å². The van der Waals surface area contributed by atoms with Gasteiger partial charge in [-0.3, -0.25) is 0 Å². The summed E-state index contributed by atoms with van der Waals surface area (Å²) >= 11 is 0. The summed E-state index contributed by atoms with van der Waals surface area (Å²) in [7, 11) is 10.1. The highest BCUT2D eigenvalue weighted by atomic mass is 16.3. The van der Waals surface area contributed by atoms with E-state index in [1.54, 1.807) is 0 Å². The van der Waals surface area contributed by atoms with E-state index in [-0.39, 0.29) is 139 Å². The molecule has 0 saturated heterocycles. The van der Waals surface area contributed by atoms with Crippen molar-refractivity contribution in [1.82, 2.24) is 0 Å². The first-order chi connectivity index (χ1) is 70.1. The third-order valence-corrected chi connectivity index (χ3v) is 52.1. The molecule has 27 rings (SSSR count). The number of aliphatic hydroxyl groups excluding tert-OH is 12. The van der Waals surface area contributed by atoms with Gasteiger partial charge in [0.25, 0.3) is 0 Å². The topological polar surface area (TPSA) is 243 Å². The molecule has 44 atom stereocenters. The fourth-order valence-corrected chi connectivity index (χ4v) is 43.9. The van der Waals surface area contributed by atoms with Crippen molar-refractivity contribution in [3.8, 4) is 0 Å². The summed E-state index contributed by atoms with van der Waals surface area (Å²) in [5.41, 5.74) is 10.0. The molecule has 16 heteroatoms. The van der Waals surface area contributed by atoms with Gasteiger partial charge >= 0.3 is 0 Å². The molecule has 824 valence electrons. The molecule has 7 aliphatic heterocycles. The van der Waals surface area contributed by atoms with Crippen molar-refractivity contribution < 1.29 is 79.2 Å². The first-order valence-corrected chi connectivity index (χ1v) is 62.0. The molecule has 148 heavy (non-hydrogen) atoms. The number of fused-ring (bicyclic) bond motifs is 20. The van der Waals surface area contributed by atoms with Crippen LogP contribution in [0.4, 0.5) is 0 Å². The quantitative estimate of drug-likeness (QED) is 0.0370. The molecule has 4 aromatic rings. The van der Waals surface area contributed by atoms with E-state index < -0.39 is 24.4 Å². The van der Waals surface area contributed by atoms with Crippen LogP contribution >= 0.6 is 0 Å². The van der Waals surface area contributed by atoms with Crippen LogP contribution in [-0.4, -0.2) is 207 Å². The first kappa shape index (κ1) is 110. The van der Waals surface area contributed by atoms with Crippen LogP contribution in [0.15, 0.2) is 97.1 Å². The number of hydrogen-bond donors (Lipinski definition) is 12. The van der Waals surface area contributed by atoms with Crippen molar-refractivity contribution in [2.45, 2.75) is 440 Å². The van der Waals surface area contributed by atoms with Crippen LogP contribution in [-0.2, 0) is 52.4 Å². The van der Waals surface area contributed by atoms with E-state index in [1.807, 2.05) is 0 Å². The third kappa shape index (κ3) is 19.6. The zero-order valence-electron chi connectivity index (χ0n) is 95.1. The predicted molar refractivity (Wildman–Crippen MR) is 589 cm³/mol. The molecule has 16 saturated carbocycles.